The molecule has 1 nitrogen and oxygen atoms in total. The quantitative estimate of drug-likeness (QED) is 0.687. The highest BCUT2D eigenvalue weighted by Gasteiger charge is 2.41. The molecule has 0 aliphatic carbocycles. The second-order valence-corrected chi connectivity index (χ2v) is 5.54. The lowest BCUT2D eigenvalue weighted by Gasteiger charge is -2.44. The Morgan fingerprint density at radius 3 is 1.93 bits per heavy atom. The molecule has 1 N–H and O–H groups in total. The van der Waals surface area contributed by atoms with Gasteiger partial charge in [0, 0.05) is 0 Å². The summed E-state index contributed by atoms with van der Waals surface area (Å²) in [6, 6.07) is 0. The summed E-state index contributed by atoms with van der Waals surface area (Å²) in [5.41, 5.74) is -0.446. The maximum atomic E-state index is 10.4. The van der Waals surface area contributed by atoms with E-state index in [1.54, 1.807) is 0 Å². The van der Waals surface area contributed by atoms with Crippen molar-refractivity contribution in [2.24, 2.45) is 11.3 Å². The van der Waals surface area contributed by atoms with Crippen LogP contribution < -0.4 is 0 Å². The number of hydrogen-bond acceptors (Lipinski definition) is 1. The third-order valence-corrected chi connectivity index (χ3v) is 3.65. The fraction of sp³-hybridized carbons (Fsp3) is 1.00. The van der Waals surface area contributed by atoms with Crippen molar-refractivity contribution < 1.29 is 5.11 Å². The van der Waals surface area contributed by atoms with Gasteiger partial charge in [0.2, 0.25) is 0 Å². The van der Waals surface area contributed by atoms with Crippen molar-refractivity contribution in [3.05, 3.63) is 0 Å². The molecule has 0 aromatic rings. The molecule has 0 aromatic carbocycles. The predicted octanol–water partition coefficient (Wildman–Crippen LogP) is 4.00. The highest BCUT2D eigenvalue weighted by molar-refractivity contribution is 4.92. The summed E-state index contributed by atoms with van der Waals surface area (Å²) >= 11 is 0. The summed E-state index contributed by atoms with van der Waals surface area (Å²) in [5.74, 6) is 0.657. The fourth-order valence-electron chi connectivity index (χ4n) is 2.47. The van der Waals surface area contributed by atoms with Gasteiger partial charge in [0.1, 0.15) is 0 Å². The Labute approximate surface area is 89.9 Å². The van der Waals surface area contributed by atoms with E-state index in [1.807, 2.05) is 6.92 Å². The minimum absolute atomic E-state index is 0.0741. The molecule has 0 aromatic heterocycles. The maximum Gasteiger partial charge on any atom is 0.0670 e. The van der Waals surface area contributed by atoms with Gasteiger partial charge in [0.15, 0.2) is 0 Å². The molecule has 0 rings (SSSR count). The van der Waals surface area contributed by atoms with Crippen LogP contribution in [0.15, 0.2) is 0 Å². The largest absolute Gasteiger partial charge is 0.390 e. The van der Waals surface area contributed by atoms with Crippen LogP contribution in [-0.2, 0) is 0 Å². The summed E-state index contributed by atoms with van der Waals surface area (Å²) in [5, 5.41) is 10.4. The van der Waals surface area contributed by atoms with Crippen LogP contribution in [0.5, 0.6) is 0 Å². The standard InChI is InChI=1S/C13H28O/c1-7-9-12(5,10-11(3)4)13(6,14)8-2/h11,14H,7-10H2,1-6H3. The maximum absolute atomic E-state index is 10.4. The number of hydrogen-bond donors (Lipinski definition) is 1. The van der Waals surface area contributed by atoms with E-state index < -0.39 is 5.60 Å². The summed E-state index contributed by atoms with van der Waals surface area (Å²) in [7, 11) is 0. The van der Waals surface area contributed by atoms with Crippen molar-refractivity contribution in [3.8, 4) is 0 Å². The van der Waals surface area contributed by atoms with Crippen LogP contribution in [0.1, 0.15) is 67.2 Å². The van der Waals surface area contributed by atoms with Crippen LogP contribution in [-0.4, -0.2) is 10.7 Å². The topological polar surface area (TPSA) is 20.2 Å². The Kier molecular flexibility index (Phi) is 5.14. The van der Waals surface area contributed by atoms with Crippen molar-refractivity contribution in [1.82, 2.24) is 0 Å². The Bertz CT molecular complexity index is 161. The first-order valence-corrected chi connectivity index (χ1v) is 6.01. The third kappa shape index (κ3) is 3.27. The molecule has 0 radical (unpaired) electrons. The molecule has 0 bridgehead atoms. The predicted molar refractivity (Wildman–Crippen MR) is 63.4 cm³/mol. The smallest absolute Gasteiger partial charge is 0.0670 e. The van der Waals surface area contributed by atoms with Crippen LogP contribution in [0.2, 0.25) is 0 Å². The fourth-order valence-corrected chi connectivity index (χ4v) is 2.47. The lowest BCUT2D eigenvalue weighted by atomic mass is 9.66. The second-order valence-electron chi connectivity index (χ2n) is 5.54. The van der Waals surface area contributed by atoms with Gasteiger partial charge < -0.3 is 5.11 Å². The lowest BCUT2D eigenvalue weighted by molar-refractivity contribution is -0.0792. The normalized spacial score (nSPS) is 20.6. The van der Waals surface area contributed by atoms with Crippen molar-refractivity contribution in [3.63, 3.8) is 0 Å². The second kappa shape index (κ2) is 5.16. The molecule has 0 amide bonds. The van der Waals surface area contributed by atoms with Gasteiger partial charge in [-0.3, -0.25) is 0 Å². The van der Waals surface area contributed by atoms with Crippen molar-refractivity contribution in [1.29, 1.82) is 0 Å². The Morgan fingerprint density at radius 2 is 1.64 bits per heavy atom. The van der Waals surface area contributed by atoms with Crippen LogP contribution in [0.25, 0.3) is 0 Å². The molecule has 0 saturated carbocycles. The van der Waals surface area contributed by atoms with Gasteiger partial charge in [0.25, 0.3) is 0 Å². The molecular formula is C13H28O. The Morgan fingerprint density at radius 1 is 1.14 bits per heavy atom. The highest BCUT2D eigenvalue weighted by Crippen LogP contribution is 2.43. The Balaban J connectivity index is 4.69. The van der Waals surface area contributed by atoms with Crippen molar-refractivity contribution >= 4 is 0 Å². The molecule has 0 heterocycles. The van der Waals surface area contributed by atoms with Crippen LogP contribution in [0.3, 0.4) is 0 Å². The molecule has 0 aliphatic heterocycles. The van der Waals surface area contributed by atoms with E-state index in [0.717, 1.165) is 25.7 Å². The van der Waals surface area contributed by atoms with Crippen molar-refractivity contribution in [2.75, 3.05) is 0 Å². The summed E-state index contributed by atoms with van der Waals surface area (Å²) in [6.45, 7) is 13.0. The molecule has 0 saturated heterocycles. The van der Waals surface area contributed by atoms with Gasteiger partial charge in [-0.15, -0.1) is 0 Å². The van der Waals surface area contributed by atoms with E-state index in [2.05, 4.69) is 34.6 Å². The van der Waals surface area contributed by atoms with E-state index >= 15 is 0 Å². The minimum atomic E-state index is -0.521. The average molecular weight is 200 g/mol. The lowest BCUT2D eigenvalue weighted by Crippen LogP contribution is -2.44. The molecule has 86 valence electrons. The van der Waals surface area contributed by atoms with Gasteiger partial charge in [-0.25, -0.2) is 0 Å². The molecule has 0 fully saturated rings. The first-order chi connectivity index (χ1) is 6.29. The number of rotatable bonds is 6. The first-order valence-electron chi connectivity index (χ1n) is 6.01. The van der Waals surface area contributed by atoms with Gasteiger partial charge in [-0.2, -0.15) is 0 Å². The van der Waals surface area contributed by atoms with E-state index in [4.69, 9.17) is 0 Å². The summed E-state index contributed by atoms with van der Waals surface area (Å²) in [4.78, 5) is 0. The zero-order valence-electron chi connectivity index (χ0n) is 10.9. The zero-order valence-corrected chi connectivity index (χ0v) is 10.9. The molecule has 0 aliphatic rings. The zero-order chi connectivity index (χ0) is 11.4. The van der Waals surface area contributed by atoms with Gasteiger partial charge in [-0.1, -0.05) is 41.0 Å². The average Bonchev–Trinajstić information content (AvgIpc) is 2.03. The van der Waals surface area contributed by atoms with Crippen molar-refractivity contribution in [2.45, 2.75) is 72.8 Å². The highest BCUT2D eigenvalue weighted by atomic mass is 16.3. The van der Waals surface area contributed by atoms with Gasteiger partial charge in [-0.05, 0) is 37.5 Å². The van der Waals surface area contributed by atoms with Gasteiger partial charge >= 0.3 is 0 Å². The molecule has 14 heavy (non-hydrogen) atoms. The van der Waals surface area contributed by atoms with E-state index in [9.17, 15) is 5.11 Å². The van der Waals surface area contributed by atoms with Crippen LogP contribution in [0.4, 0.5) is 0 Å². The number of aliphatic hydroxyl groups is 1. The summed E-state index contributed by atoms with van der Waals surface area (Å²) < 4.78 is 0. The third-order valence-electron chi connectivity index (χ3n) is 3.65. The van der Waals surface area contributed by atoms with E-state index in [-0.39, 0.29) is 5.41 Å². The SMILES string of the molecule is CCCC(C)(CC(C)C)C(C)(O)CC. The molecule has 1 heteroatoms. The van der Waals surface area contributed by atoms with E-state index in [1.165, 1.54) is 0 Å². The molecule has 0 spiro atoms. The minimum Gasteiger partial charge on any atom is -0.390 e. The monoisotopic (exact) mass is 200 g/mol. The van der Waals surface area contributed by atoms with Crippen LogP contribution >= 0.6 is 0 Å². The molecular weight excluding hydrogens is 172 g/mol. The van der Waals surface area contributed by atoms with Crippen LogP contribution in [0, 0.1) is 11.3 Å². The molecule has 2 atom stereocenters. The van der Waals surface area contributed by atoms with Gasteiger partial charge in [0.05, 0.1) is 5.60 Å². The molecule has 2 unspecified atom stereocenters. The summed E-state index contributed by atoms with van der Waals surface area (Å²) in [6.07, 6.45) is 4.23. The Hall–Kier alpha value is -0.0400. The van der Waals surface area contributed by atoms with E-state index in [0.29, 0.717) is 5.92 Å². The first kappa shape index (κ1) is 14.0.